The molecule has 204 valence electrons. The minimum absolute atomic E-state index is 0.0300. The van der Waals surface area contributed by atoms with Gasteiger partial charge in [-0.25, -0.2) is 4.79 Å². The molecule has 0 unspecified atom stereocenters. The van der Waals surface area contributed by atoms with Gasteiger partial charge in [0.25, 0.3) is 0 Å². The molecule has 5 atom stereocenters. The third kappa shape index (κ3) is 7.67. The number of rotatable bonds is 9. The first-order valence-corrected chi connectivity index (χ1v) is 11.6. The van der Waals surface area contributed by atoms with E-state index in [1.54, 1.807) is 24.3 Å². The average molecular weight is 532 g/mol. The van der Waals surface area contributed by atoms with Crippen molar-refractivity contribution in [3.63, 3.8) is 0 Å². The summed E-state index contributed by atoms with van der Waals surface area (Å²) in [7, 11) is 0. The predicted molar refractivity (Wildman–Crippen MR) is 127 cm³/mol. The number of aromatic hydroxyl groups is 1. The molecular formula is C26H28O12. The number of ether oxygens (including phenoxy) is 6. The van der Waals surface area contributed by atoms with Crippen LogP contribution in [0.15, 0.2) is 48.5 Å². The van der Waals surface area contributed by atoms with E-state index in [1.807, 2.05) is 6.07 Å². The highest BCUT2D eigenvalue weighted by Crippen LogP contribution is 2.33. The van der Waals surface area contributed by atoms with Gasteiger partial charge in [-0.05, 0) is 23.8 Å². The lowest BCUT2D eigenvalue weighted by molar-refractivity contribution is -0.286. The molecular weight excluding hydrogens is 504 g/mol. The summed E-state index contributed by atoms with van der Waals surface area (Å²) < 4.78 is 32.0. The third-order valence-electron chi connectivity index (χ3n) is 5.32. The second-order valence-electron chi connectivity index (χ2n) is 8.35. The fraction of sp³-hybridized carbons (Fsp3) is 0.385. The van der Waals surface area contributed by atoms with Crippen LogP contribution in [0.2, 0.25) is 0 Å². The second kappa shape index (κ2) is 12.9. The Hall–Kier alpha value is -4.16. The highest BCUT2D eigenvalue weighted by molar-refractivity contribution is 5.90. The predicted octanol–water partition coefficient (Wildman–Crippen LogP) is 1.64. The Labute approximate surface area is 218 Å². The molecule has 0 amide bonds. The molecule has 2 aromatic rings. The van der Waals surface area contributed by atoms with Crippen molar-refractivity contribution < 1.29 is 57.8 Å². The van der Waals surface area contributed by atoms with Crippen molar-refractivity contribution in [1.82, 2.24) is 0 Å². The van der Waals surface area contributed by atoms with Crippen molar-refractivity contribution in [2.45, 2.75) is 58.1 Å². The van der Waals surface area contributed by atoms with Crippen molar-refractivity contribution >= 4 is 23.9 Å². The summed E-state index contributed by atoms with van der Waals surface area (Å²) in [6, 6.07) is 12.7. The molecule has 1 aliphatic heterocycles. The van der Waals surface area contributed by atoms with Gasteiger partial charge in [-0.2, -0.15) is 0 Å². The molecule has 0 spiro atoms. The Morgan fingerprint density at radius 1 is 0.868 bits per heavy atom. The molecule has 0 saturated carbocycles. The van der Waals surface area contributed by atoms with Crippen LogP contribution in [0.1, 0.15) is 36.7 Å². The van der Waals surface area contributed by atoms with Gasteiger partial charge in [0.15, 0.2) is 17.6 Å². The Bertz CT molecular complexity index is 1150. The third-order valence-corrected chi connectivity index (χ3v) is 5.32. The van der Waals surface area contributed by atoms with Crippen molar-refractivity contribution in [2.75, 3.05) is 6.61 Å². The number of hydrogen-bond acceptors (Lipinski definition) is 12. The number of aliphatic hydroxyl groups excluding tert-OH is 1. The molecule has 1 saturated heterocycles. The number of carbonyl (C=O) groups is 4. The molecule has 1 heterocycles. The monoisotopic (exact) mass is 532 g/mol. The number of benzene rings is 2. The minimum Gasteiger partial charge on any atom is -0.504 e. The van der Waals surface area contributed by atoms with Crippen LogP contribution < -0.4 is 4.74 Å². The number of hydrogen-bond donors (Lipinski definition) is 2. The van der Waals surface area contributed by atoms with Crippen molar-refractivity contribution in [3.8, 4) is 11.5 Å². The van der Waals surface area contributed by atoms with Crippen LogP contribution in [0.25, 0.3) is 0 Å². The Balaban J connectivity index is 1.80. The van der Waals surface area contributed by atoms with Gasteiger partial charge in [-0.15, -0.1) is 0 Å². The van der Waals surface area contributed by atoms with Crippen molar-refractivity contribution in [2.24, 2.45) is 0 Å². The zero-order valence-electron chi connectivity index (χ0n) is 20.9. The molecule has 38 heavy (non-hydrogen) atoms. The summed E-state index contributed by atoms with van der Waals surface area (Å²) in [4.78, 5) is 47.2. The maximum atomic E-state index is 12.4. The molecule has 12 heteroatoms. The van der Waals surface area contributed by atoms with Gasteiger partial charge in [-0.1, -0.05) is 30.3 Å². The quantitative estimate of drug-likeness (QED) is 0.355. The van der Waals surface area contributed by atoms with Crippen LogP contribution in [0, 0.1) is 0 Å². The zero-order chi connectivity index (χ0) is 27.8. The summed E-state index contributed by atoms with van der Waals surface area (Å²) in [5, 5.41) is 21.2. The van der Waals surface area contributed by atoms with E-state index in [0.717, 1.165) is 32.4 Å². The lowest BCUT2D eigenvalue weighted by Crippen LogP contribution is -2.62. The molecule has 0 radical (unpaired) electrons. The number of phenols is 1. The maximum Gasteiger partial charge on any atom is 0.338 e. The van der Waals surface area contributed by atoms with E-state index in [-0.39, 0.29) is 17.9 Å². The van der Waals surface area contributed by atoms with Gasteiger partial charge in [0.1, 0.15) is 25.4 Å². The second-order valence-corrected chi connectivity index (χ2v) is 8.35. The molecule has 3 rings (SSSR count). The van der Waals surface area contributed by atoms with Crippen molar-refractivity contribution in [3.05, 3.63) is 59.7 Å². The first kappa shape index (κ1) is 28.4. The fourth-order valence-electron chi connectivity index (χ4n) is 3.64. The Kier molecular flexibility index (Phi) is 9.63. The first-order valence-electron chi connectivity index (χ1n) is 11.6. The number of esters is 4. The Morgan fingerprint density at radius 3 is 2.13 bits per heavy atom. The smallest absolute Gasteiger partial charge is 0.338 e. The fourth-order valence-corrected chi connectivity index (χ4v) is 3.64. The zero-order valence-corrected chi connectivity index (χ0v) is 20.9. The summed E-state index contributed by atoms with van der Waals surface area (Å²) in [6.07, 6.45) is -7.23. The van der Waals surface area contributed by atoms with E-state index in [0.29, 0.717) is 0 Å². The van der Waals surface area contributed by atoms with Crippen LogP contribution >= 0.6 is 0 Å². The van der Waals surface area contributed by atoms with E-state index >= 15 is 0 Å². The lowest BCUT2D eigenvalue weighted by Gasteiger charge is -2.42. The van der Waals surface area contributed by atoms with Gasteiger partial charge in [0.05, 0.1) is 5.56 Å². The van der Waals surface area contributed by atoms with Crippen LogP contribution in [0.4, 0.5) is 0 Å². The number of carbonyl (C=O) groups excluding carboxylic acids is 4. The van der Waals surface area contributed by atoms with E-state index in [1.165, 1.54) is 12.1 Å². The van der Waals surface area contributed by atoms with Crippen LogP contribution in [0.5, 0.6) is 11.5 Å². The van der Waals surface area contributed by atoms with Gasteiger partial charge in [0, 0.05) is 20.8 Å². The highest BCUT2D eigenvalue weighted by Gasteiger charge is 2.51. The minimum atomic E-state index is -1.56. The maximum absolute atomic E-state index is 12.4. The standard InChI is InChI=1S/C26H28O12/c1-14(27)33-13-21-22(31)23(35-15(2)28)24(36-16(3)29)26(38-21)37-20-10-9-18(11-19(20)30)25(32)34-12-17-7-5-4-6-8-17/h4-11,21-24,26,30-31H,12-13H2,1-3H3/t21-,22+,23+,24-,26-/m1/s1. The molecule has 0 aliphatic carbocycles. The molecule has 12 nitrogen and oxygen atoms in total. The SMILES string of the molecule is CC(=O)OC[C@H]1O[C@@H](Oc2ccc(C(=O)OCc3ccccc3)cc2O)[C@H](OC(C)=O)[C@@H](OC(C)=O)[C@H]1O. The number of phenolic OH excluding ortho intramolecular Hbond substituents is 1. The molecule has 2 aromatic carbocycles. The summed E-state index contributed by atoms with van der Waals surface area (Å²) in [5.74, 6) is -3.60. The van der Waals surface area contributed by atoms with E-state index in [4.69, 9.17) is 28.4 Å². The number of aliphatic hydroxyl groups is 1. The van der Waals surface area contributed by atoms with E-state index < -0.39 is 66.9 Å². The molecule has 2 N–H and O–H groups in total. The molecule has 0 bridgehead atoms. The van der Waals surface area contributed by atoms with Gasteiger partial charge in [-0.3, -0.25) is 14.4 Å². The van der Waals surface area contributed by atoms with Gasteiger partial charge >= 0.3 is 23.9 Å². The van der Waals surface area contributed by atoms with Gasteiger partial charge < -0.3 is 38.6 Å². The molecule has 1 aliphatic rings. The topological polar surface area (TPSA) is 164 Å². The largest absolute Gasteiger partial charge is 0.504 e. The Morgan fingerprint density at radius 2 is 1.53 bits per heavy atom. The van der Waals surface area contributed by atoms with Gasteiger partial charge in [0.2, 0.25) is 12.4 Å². The highest BCUT2D eigenvalue weighted by atomic mass is 16.7. The van der Waals surface area contributed by atoms with E-state index in [9.17, 15) is 29.4 Å². The summed E-state index contributed by atoms with van der Waals surface area (Å²) in [5.41, 5.74) is 0.816. The van der Waals surface area contributed by atoms with E-state index in [2.05, 4.69) is 0 Å². The average Bonchev–Trinajstić information content (AvgIpc) is 2.86. The van der Waals surface area contributed by atoms with Crippen molar-refractivity contribution in [1.29, 1.82) is 0 Å². The summed E-state index contributed by atoms with van der Waals surface area (Å²) >= 11 is 0. The molecule has 0 aromatic heterocycles. The summed E-state index contributed by atoms with van der Waals surface area (Å²) in [6.45, 7) is 2.93. The van der Waals surface area contributed by atoms with Crippen LogP contribution in [0.3, 0.4) is 0 Å². The normalized spacial score (nSPS) is 22.6. The van der Waals surface area contributed by atoms with Crippen LogP contribution in [-0.4, -0.2) is 71.4 Å². The first-order chi connectivity index (χ1) is 18.0. The molecule has 1 fully saturated rings. The van der Waals surface area contributed by atoms with Crippen LogP contribution in [-0.2, 0) is 44.7 Å². The lowest BCUT2D eigenvalue weighted by atomic mass is 9.98.